The van der Waals surface area contributed by atoms with Crippen LogP contribution >= 0.6 is 0 Å². The number of carboxylic acid groups (broad SMARTS) is 1. The molecule has 0 aliphatic heterocycles. The second-order valence-corrected chi connectivity index (χ2v) is 5.20. The minimum Gasteiger partial charge on any atom is -0.480 e. The van der Waals surface area contributed by atoms with Crippen LogP contribution in [0.15, 0.2) is 4.52 Å². The summed E-state index contributed by atoms with van der Waals surface area (Å²) in [7, 11) is 0. The largest absolute Gasteiger partial charge is 0.480 e. The van der Waals surface area contributed by atoms with Crippen LogP contribution in [0.5, 0.6) is 0 Å². The van der Waals surface area contributed by atoms with Gasteiger partial charge in [0.1, 0.15) is 11.3 Å². The summed E-state index contributed by atoms with van der Waals surface area (Å²) in [6.07, 6.45) is 3.32. The number of aliphatic carboxylic acids is 1. The Hall–Kier alpha value is -1.85. The normalized spacial score (nSPS) is 16.5. The molecular formula is C14H20N2O4. The molecule has 0 aromatic carbocycles. The molecular weight excluding hydrogens is 260 g/mol. The summed E-state index contributed by atoms with van der Waals surface area (Å²) in [5.41, 5.74) is 0.509. The predicted molar refractivity (Wildman–Crippen MR) is 71.3 cm³/mol. The van der Waals surface area contributed by atoms with Gasteiger partial charge in [-0.15, -0.1) is 0 Å². The topological polar surface area (TPSA) is 92.4 Å². The number of aromatic nitrogens is 1. The van der Waals surface area contributed by atoms with Gasteiger partial charge < -0.3 is 14.9 Å². The number of carboxylic acids is 1. The maximum Gasteiger partial charge on any atom is 0.329 e. The first kappa shape index (κ1) is 14.6. The number of nitrogens with zero attached hydrogens (tertiary/aromatic N) is 1. The van der Waals surface area contributed by atoms with Crippen LogP contribution < -0.4 is 5.32 Å². The molecule has 0 saturated heterocycles. The molecule has 1 aliphatic rings. The fraction of sp³-hybridized carbons (Fsp3) is 0.643. The van der Waals surface area contributed by atoms with E-state index in [2.05, 4.69) is 10.5 Å². The highest BCUT2D eigenvalue weighted by Crippen LogP contribution is 2.32. The molecule has 110 valence electrons. The molecule has 6 nitrogen and oxygen atoms in total. The van der Waals surface area contributed by atoms with Gasteiger partial charge in [-0.1, -0.05) is 19.0 Å². The lowest BCUT2D eigenvalue weighted by atomic mass is 9.76. The van der Waals surface area contributed by atoms with Gasteiger partial charge in [0, 0.05) is 12.0 Å². The molecule has 1 fully saturated rings. The van der Waals surface area contributed by atoms with Gasteiger partial charge in [0.2, 0.25) is 5.91 Å². The standard InChI is InChI=1S/C14H20N2O4/c1-3-10-9(11(4-2)20-16-10)8-12(17)15-14(13(18)19)6-5-7-14/h3-8H2,1-2H3,(H,15,17)(H,18,19). The third-order valence-electron chi connectivity index (χ3n) is 3.94. The maximum absolute atomic E-state index is 12.1. The zero-order valence-corrected chi connectivity index (χ0v) is 11.9. The molecule has 0 bridgehead atoms. The summed E-state index contributed by atoms with van der Waals surface area (Å²) in [5, 5.41) is 15.8. The van der Waals surface area contributed by atoms with Crippen molar-refractivity contribution in [2.45, 2.75) is 57.9 Å². The van der Waals surface area contributed by atoms with E-state index in [0.717, 1.165) is 17.7 Å². The van der Waals surface area contributed by atoms with Crippen molar-refractivity contribution in [2.75, 3.05) is 0 Å². The van der Waals surface area contributed by atoms with E-state index in [9.17, 15) is 14.7 Å². The van der Waals surface area contributed by atoms with Crippen LogP contribution in [0.3, 0.4) is 0 Å². The second kappa shape index (κ2) is 5.64. The van der Waals surface area contributed by atoms with Gasteiger partial charge in [-0.25, -0.2) is 4.79 Å². The third kappa shape index (κ3) is 2.55. The van der Waals surface area contributed by atoms with Gasteiger partial charge in [-0.3, -0.25) is 4.79 Å². The Labute approximate surface area is 117 Å². The molecule has 6 heteroatoms. The van der Waals surface area contributed by atoms with E-state index in [-0.39, 0.29) is 12.3 Å². The van der Waals surface area contributed by atoms with Crippen molar-refractivity contribution in [1.29, 1.82) is 0 Å². The molecule has 1 amide bonds. The predicted octanol–water partition coefficient (Wildman–Crippen LogP) is 1.47. The fourth-order valence-corrected chi connectivity index (χ4v) is 2.53. The van der Waals surface area contributed by atoms with Crippen molar-refractivity contribution in [3.8, 4) is 0 Å². The molecule has 20 heavy (non-hydrogen) atoms. The van der Waals surface area contributed by atoms with Crippen molar-refractivity contribution < 1.29 is 19.2 Å². The van der Waals surface area contributed by atoms with Crippen molar-refractivity contribution >= 4 is 11.9 Å². The van der Waals surface area contributed by atoms with E-state index in [1.807, 2.05) is 13.8 Å². The van der Waals surface area contributed by atoms with Crippen LogP contribution in [0, 0.1) is 0 Å². The quantitative estimate of drug-likeness (QED) is 0.823. The number of hydrogen-bond donors (Lipinski definition) is 2. The highest BCUT2D eigenvalue weighted by molar-refractivity contribution is 5.88. The minimum atomic E-state index is -1.06. The van der Waals surface area contributed by atoms with Crippen LogP contribution in [0.25, 0.3) is 0 Å². The zero-order chi connectivity index (χ0) is 14.8. The second-order valence-electron chi connectivity index (χ2n) is 5.20. The molecule has 1 aromatic heterocycles. The number of aryl methyl sites for hydroxylation is 2. The molecule has 1 aromatic rings. The van der Waals surface area contributed by atoms with E-state index in [0.29, 0.717) is 31.4 Å². The molecule has 0 unspecified atom stereocenters. The smallest absolute Gasteiger partial charge is 0.329 e. The lowest BCUT2D eigenvalue weighted by molar-refractivity contribution is -0.151. The van der Waals surface area contributed by atoms with Gasteiger partial charge in [0.05, 0.1) is 12.1 Å². The van der Waals surface area contributed by atoms with Crippen LogP contribution in [0.1, 0.15) is 50.1 Å². The van der Waals surface area contributed by atoms with Crippen LogP contribution in [0.4, 0.5) is 0 Å². The van der Waals surface area contributed by atoms with Crippen molar-refractivity contribution in [1.82, 2.24) is 10.5 Å². The van der Waals surface area contributed by atoms with Crippen molar-refractivity contribution in [2.24, 2.45) is 0 Å². The Morgan fingerprint density at radius 1 is 1.35 bits per heavy atom. The summed E-state index contributed by atoms with van der Waals surface area (Å²) in [6.45, 7) is 3.88. The number of hydrogen-bond acceptors (Lipinski definition) is 4. The van der Waals surface area contributed by atoms with E-state index in [4.69, 9.17) is 4.52 Å². The molecule has 1 saturated carbocycles. The van der Waals surface area contributed by atoms with Gasteiger partial charge in [-0.05, 0) is 25.7 Å². The summed E-state index contributed by atoms with van der Waals surface area (Å²) in [6, 6.07) is 0. The highest BCUT2D eigenvalue weighted by atomic mass is 16.5. The maximum atomic E-state index is 12.1. The number of carbonyl (C=O) groups excluding carboxylic acids is 1. The molecule has 2 N–H and O–H groups in total. The SMILES string of the molecule is CCc1noc(CC)c1CC(=O)NC1(C(=O)O)CCC1. The molecule has 1 heterocycles. The van der Waals surface area contributed by atoms with E-state index in [1.165, 1.54) is 0 Å². The Morgan fingerprint density at radius 2 is 2.05 bits per heavy atom. The fourth-order valence-electron chi connectivity index (χ4n) is 2.53. The third-order valence-corrected chi connectivity index (χ3v) is 3.94. The molecule has 2 rings (SSSR count). The Morgan fingerprint density at radius 3 is 2.50 bits per heavy atom. The van der Waals surface area contributed by atoms with E-state index >= 15 is 0 Å². The summed E-state index contributed by atoms with van der Waals surface area (Å²) in [5.74, 6) is -0.525. The highest BCUT2D eigenvalue weighted by Gasteiger charge is 2.45. The monoisotopic (exact) mass is 280 g/mol. The van der Waals surface area contributed by atoms with Gasteiger partial charge in [0.25, 0.3) is 0 Å². The van der Waals surface area contributed by atoms with Crippen LogP contribution in [0.2, 0.25) is 0 Å². The number of carbonyl (C=O) groups is 2. The zero-order valence-electron chi connectivity index (χ0n) is 11.9. The minimum absolute atomic E-state index is 0.130. The molecule has 0 spiro atoms. The molecule has 0 atom stereocenters. The van der Waals surface area contributed by atoms with Crippen molar-refractivity contribution in [3.63, 3.8) is 0 Å². The van der Waals surface area contributed by atoms with E-state index in [1.54, 1.807) is 0 Å². The summed E-state index contributed by atoms with van der Waals surface area (Å²) < 4.78 is 5.21. The van der Waals surface area contributed by atoms with E-state index < -0.39 is 11.5 Å². The van der Waals surface area contributed by atoms with Crippen LogP contribution in [-0.4, -0.2) is 27.7 Å². The van der Waals surface area contributed by atoms with Gasteiger partial charge >= 0.3 is 5.97 Å². The lowest BCUT2D eigenvalue weighted by Crippen LogP contribution is -2.59. The number of nitrogens with one attached hydrogen (secondary N) is 1. The van der Waals surface area contributed by atoms with Crippen LogP contribution in [-0.2, 0) is 28.9 Å². The Balaban J connectivity index is 2.08. The first-order chi connectivity index (χ1) is 9.52. The lowest BCUT2D eigenvalue weighted by Gasteiger charge is -2.38. The average Bonchev–Trinajstić information content (AvgIpc) is 2.75. The van der Waals surface area contributed by atoms with Crippen molar-refractivity contribution in [3.05, 3.63) is 17.0 Å². The Kier molecular flexibility index (Phi) is 4.11. The van der Waals surface area contributed by atoms with Gasteiger partial charge in [0.15, 0.2) is 0 Å². The summed E-state index contributed by atoms with van der Waals surface area (Å²) in [4.78, 5) is 23.4. The molecule has 1 aliphatic carbocycles. The summed E-state index contributed by atoms with van der Waals surface area (Å²) >= 11 is 0. The number of amides is 1. The first-order valence-electron chi connectivity index (χ1n) is 7.03. The number of rotatable bonds is 6. The average molecular weight is 280 g/mol. The molecule has 0 radical (unpaired) electrons. The first-order valence-corrected chi connectivity index (χ1v) is 7.03. The Bertz CT molecular complexity index is 496. The van der Waals surface area contributed by atoms with Gasteiger partial charge in [-0.2, -0.15) is 0 Å².